The van der Waals surface area contributed by atoms with E-state index in [0.717, 1.165) is 29.0 Å². The fraction of sp³-hybridized carbons (Fsp3) is 0.391. The molecule has 2 N–H and O–H groups in total. The van der Waals surface area contributed by atoms with E-state index in [1.807, 2.05) is 38.1 Å². The number of halogens is 2. The smallest absolute Gasteiger partial charge is 0.238 e. The summed E-state index contributed by atoms with van der Waals surface area (Å²) >= 11 is 12.3. The first-order chi connectivity index (χ1) is 14.7. The van der Waals surface area contributed by atoms with Gasteiger partial charge in [-0.2, -0.15) is 0 Å². The van der Waals surface area contributed by atoms with E-state index in [2.05, 4.69) is 27.4 Å². The SMILES string of the molecule is Cc1c(Cl)cccc1NC(=O)CN1CCN(CC(=O)Nc2cccc(Cl)c2C)C(C)C1. The molecule has 0 spiro atoms. The van der Waals surface area contributed by atoms with Crippen molar-refractivity contribution in [2.24, 2.45) is 0 Å². The van der Waals surface area contributed by atoms with Crippen molar-refractivity contribution in [3.05, 3.63) is 57.6 Å². The Hall–Kier alpha value is -2.12. The summed E-state index contributed by atoms with van der Waals surface area (Å²) in [6.07, 6.45) is 0. The van der Waals surface area contributed by atoms with E-state index in [4.69, 9.17) is 23.2 Å². The Balaban J connectivity index is 1.48. The first kappa shape index (κ1) is 23.5. The molecule has 1 aliphatic heterocycles. The summed E-state index contributed by atoms with van der Waals surface area (Å²) in [6.45, 7) is 8.59. The summed E-state index contributed by atoms with van der Waals surface area (Å²) in [5.41, 5.74) is 3.18. The van der Waals surface area contributed by atoms with Crippen molar-refractivity contribution >= 4 is 46.4 Å². The highest BCUT2D eigenvalue weighted by atomic mass is 35.5. The van der Waals surface area contributed by atoms with Gasteiger partial charge in [-0.3, -0.25) is 19.4 Å². The van der Waals surface area contributed by atoms with Crippen LogP contribution in [0.25, 0.3) is 0 Å². The Morgan fingerprint density at radius 1 is 0.903 bits per heavy atom. The fourth-order valence-corrected chi connectivity index (χ4v) is 4.05. The average Bonchev–Trinajstić information content (AvgIpc) is 2.71. The molecule has 2 aromatic rings. The molecule has 8 heteroatoms. The minimum atomic E-state index is -0.0696. The highest BCUT2D eigenvalue weighted by Gasteiger charge is 2.26. The first-order valence-corrected chi connectivity index (χ1v) is 11.1. The van der Waals surface area contributed by atoms with Crippen molar-refractivity contribution in [3.63, 3.8) is 0 Å². The molecule has 0 saturated carbocycles. The first-order valence-electron chi connectivity index (χ1n) is 10.3. The van der Waals surface area contributed by atoms with Crippen LogP contribution in [0.4, 0.5) is 11.4 Å². The quantitative estimate of drug-likeness (QED) is 0.675. The summed E-state index contributed by atoms with van der Waals surface area (Å²) in [6, 6.07) is 11.1. The molecule has 3 rings (SSSR count). The van der Waals surface area contributed by atoms with Gasteiger partial charge in [0.15, 0.2) is 0 Å². The van der Waals surface area contributed by atoms with Gasteiger partial charge in [-0.1, -0.05) is 35.3 Å². The molecule has 1 fully saturated rings. The van der Waals surface area contributed by atoms with Gasteiger partial charge in [0.05, 0.1) is 13.1 Å². The van der Waals surface area contributed by atoms with E-state index in [1.165, 1.54) is 0 Å². The Morgan fingerprint density at radius 3 is 1.94 bits per heavy atom. The van der Waals surface area contributed by atoms with Gasteiger partial charge in [0.1, 0.15) is 0 Å². The summed E-state index contributed by atoms with van der Waals surface area (Å²) in [5, 5.41) is 7.15. The van der Waals surface area contributed by atoms with Crippen molar-refractivity contribution in [3.8, 4) is 0 Å². The molecule has 1 aliphatic rings. The number of anilines is 2. The molecular formula is C23H28Cl2N4O2. The highest BCUT2D eigenvalue weighted by Crippen LogP contribution is 2.24. The molecule has 1 atom stereocenters. The number of hydrogen-bond acceptors (Lipinski definition) is 4. The predicted molar refractivity (Wildman–Crippen MR) is 127 cm³/mol. The third-order valence-corrected chi connectivity index (χ3v) is 6.47. The summed E-state index contributed by atoms with van der Waals surface area (Å²) in [7, 11) is 0. The minimum absolute atomic E-state index is 0.0693. The molecule has 0 radical (unpaired) electrons. The second kappa shape index (κ2) is 10.5. The maximum Gasteiger partial charge on any atom is 0.238 e. The molecule has 1 saturated heterocycles. The van der Waals surface area contributed by atoms with Crippen LogP contribution in [0.5, 0.6) is 0 Å². The topological polar surface area (TPSA) is 64.7 Å². The average molecular weight is 463 g/mol. The Bertz CT molecular complexity index is 967. The van der Waals surface area contributed by atoms with E-state index in [1.54, 1.807) is 12.1 Å². The Kier molecular flexibility index (Phi) is 7.94. The summed E-state index contributed by atoms with van der Waals surface area (Å²) in [5.74, 6) is -0.139. The molecular weight excluding hydrogens is 435 g/mol. The van der Waals surface area contributed by atoms with Crippen molar-refractivity contribution < 1.29 is 9.59 Å². The van der Waals surface area contributed by atoms with Gasteiger partial charge in [-0.15, -0.1) is 0 Å². The molecule has 2 amide bonds. The normalized spacial score (nSPS) is 17.4. The van der Waals surface area contributed by atoms with Crippen LogP contribution >= 0.6 is 23.2 Å². The van der Waals surface area contributed by atoms with Crippen molar-refractivity contribution in [2.75, 3.05) is 43.4 Å². The van der Waals surface area contributed by atoms with Crippen LogP contribution in [-0.2, 0) is 9.59 Å². The van der Waals surface area contributed by atoms with Gasteiger partial charge >= 0.3 is 0 Å². The number of nitrogens with one attached hydrogen (secondary N) is 2. The van der Waals surface area contributed by atoms with Crippen LogP contribution in [0, 0.1) is 13.8 Å². The molecule has 2 aromatic carbocycles. The third kappa shape index (κ3) is 6.20. The van der Waals surface area contributed by atoms with Gasteiger partial charge in [-0.25, -0.2) is 0 Å². The van der Waals surface area contributed by atoms with Gasteiger partial charge in [0, 0.05) is 47.1 Å². The lowest BCUT2D eigenvalue weighted by Gasteiger charge is -2.39. The predicted octanol–water partition coefficient (Wildman–Crippen LogP) is 4.19. The lowest BCUT2D eigenvalue weighted by Crippen LogP contribution is -2.55. The zero-order valence-corrected chi connectivity index (χ0v) is 19.6. The van der Waals surface area contributed by atoms with Gasteiger partial charge in [0.2, 0.25) is 11.8 Å². The lowest BCUT2D eigenvalue weighted by atomic mass is 10.1. The molecule has 0 bridgehead atoms. The summed E-state index contributed by atoms with van der Waals surface area (Å²) in [4.78, 5) is 29.3. The number of hydrogen-bond donors (Lipinski definition) is 2. The molecule has 1 heterocycles. The fourth-order valence-electron chi connectivity index (χ4n) is 3.70. The zero-order valence-electron chi connectivity index (χ0n) is 18.0. The second-order valence-electron chi connectivity index (χ2n) is 7.98. The van der Waals surface area contributed by atoms with Crippen LogP contribution in [-0.4, -0.2) is 60.4 Å². The number of amides is 2. The number of nitrogens with zero attached hydrogens (tertiary/aromatic N) is 2. The number of rotatable bonds is 6. The highest BCUT2D eigenvalue weighted by molar-refractivity contribution is 6.32. The second-order valence-corrected chi connectivity index (χ2v) is 8.79. The summed E-state index contributed by atoms with van der Waals surface area (Å²) < 4.78 is 0. The number of piperazine rings is 1. The third-order valence-electron chi connectivity index (χ3n) is 5.65. The Labute approximate surface area is 193 Å². The maximum atomic E-state index is 12.5. The largest absolute Gasteiger partial charge is 0.325 e. The van der Waals surface area contributed by atoms with E-state index in [0.29, 0.717) is 36.2 Å². The van der Waals surface area contributed by atoms with E-state index in [9.17, 15) is 9.59 Å². The maximum absolute atomic E-state index is 12.5. The van der Waals surface area contributed by atoms with Gasteiger partial charge in [0.25, 0.3) is 0 Å². The van der Waals surface area contributed by atoms with Crippen LogP contribution in [0.2, 0.25) is 10.0 Å². The van der Waals surface area contributed by atoms with E-state index < -0.39 is 0 Å². The molecule has 166 valence electrons. The van der Waals surface area contributed by atoms with Crippen molar-refractivity contribution in [1.29, 1.82) is 0 Å². The van der Waals surface area contributed by atoms with E-state index in [-0.39, 0.29) is 17.9 Å². The van der Waals surface area contributed by atoms with Gasteiger partial charge < -0.3 is 10.6 Å². The molecule has 0 aliphatic carbocycles. The number of carbonyl (C=O) groups excluding carboxylic acids is 2. The lowest BCUT2D eigenvalue weighted by molar-refractivity contribution is -0.120. The van der Waals surface area contributed by atoms with Crippen molar-refractivity contribution in [1.82, 2.24) is 9.80 Å². The molecule has 1 unspecified atom stereocenters. The van der Waals surface area contributed by atoms with Crippen molar-refractivity contribution in [2.45, 2.75) is 26.8 Å². The van der Waals surface area contributed by atoms with Crippen LogP contribution in [0.15, 0.2) is 36.4 Å². The van der Waals surface area contributed by atoms with Crippen LogP contribution < -0.4 is 10.6 Å². The molecule has 6 nitrogen and oxygen atoms in total. The Morgan fingerprint density at radius 2 is 1.42 bits per heavy atom. The molecule has 31 heavy (non-hydrogen) atoms. The van der Waals surface area contributed by atoms with Crippen LogP contribution in [0.1, 0.15) is 18.1 Å². The number of carbonyl (C=O) groups is 2. The van der Waals surface area contributed by atoms with E-state index >= 15 is 0 Å². The molecule has 0 aromatic heterocycles. The standard InChI is InChI=1S/C23H28Cl2N4O2/c1-15-12-28(13-22(30)26-20-8-4-6-18(24)16(20)2)10-11-29(15)14-23(31)27-21-9-5-7-19(25)17(21)3/h4-9,15H,10-14H2,1-3H3,(H,26,30)(H,27,31). The zero-order chi connectivity index (χ0) is 22.5. The number of benzene rings is 2. The van der Waals surface area contributed by atoms with Gasteiger partial charge in [-0.05, 0) is 56.2 Å². The minimum Gasteiger partial charge on any atom is -0.325 e. The monoisotopic (exact) mass is 462 g/mol. The van der Waals surface area contributed by atoms with Crippen LogP contribution in [0.3, 0.4) is 0 Å².